The molecular formula is C14H13F3N2O3. The molecule has 118 valence electrons. The lowest BCUT2D eigenvalue weighted by Crippen LogP contribution is -2.44. The highest BCUT2D eigenvalue weighted by Gasteiger charge is 2.36. The molecule has 2 aromatic rings. The van der Waals surface area contributed by atoms with Gasteiger partial charge in [0, 0.05) is 17.1 Å². The number of alkyl halides is 3. The molecule has 1 aromatic heterocycles. The number of carbonyl (C=O) groups is 2. The number of hydrogen-bond donors (Lipinski definition) is 3. The number of nitrogens with one attached hydrogen (secondary N) is 2. The van der Waals surface area contributed by atoms with E-state index in [9.17, 15) is 22.8 Å². The molecule has 0 aliphatic heterocycles. The summed E-state index contributed by atoms with van der Waals surface area (Å²) < 4.78 is 36.8. The van der Waals surface area contributed by atoms with Crippen molar-refractivity contribution in [3.05, 3.63) is 36.0 Å². The Bertz CT molecular complexity index is 694. The van der Waals surface area contributed by atoms with Crippen LogP contribution in [0.5, 0.6) is 0 Å². The summed E-state index contributed by atoms with van der Waals surface area (Å²) in [6, 6.07) is 5.13. The van der Waals surface area contributed by atoms with Crippen molar-refractivity contribution < 1.29 is 27.9 Å². The highest BCUT2D eigenvalue weighted by molar-refractivity contribution is 5.90. The Hall–Kier alpha value is -2.51. The average molecular weight is 314 g/mol. The van der Waals surface area contributed by atoms with E-state index in [0.29, 0.717) is 5.56 Å². The minimum atomic E-state index is -4.67. The van der Waals surface area contributed by atoms with E-state index in [4.69, 9.17) is 5.11 Å². The number of aromatic amines is 1. The molecule has 5 nitrogen and oxygen atoms in total. The minimum absolute atomic E-state index is 0.203. The molecule has 3 N–H and O–H groups in total. The molecule has 0 aliphatic rings. The van der Waals surface area contributed by atoms with Gasteiger partial charge in [-0.1, -0.05) is 18.2 Å². The summed E-state index contributed by atoms with van der Waals surface area (Å²) in [6.45, 7) is 0. The lowest BCUT2D eigenvalue weighted by molar-refractivity contribution is -0.159. The second kappa shape index (κ2) is 6.08. The second-order valence-electron chi connectivity index (χ2n) is 4.81. The Morgan fingerprint density at radius 1 is 1.27 bits per heavy atom. The van der Waals surface area contributed by atoms with Gasteiger partial charge in [0.05, 0.1) is 12.8 Å². The topological polar surface area (TPSA) is 82.2 Å². The Labute approximate surface area is 123 Å². The summed E-state index contributed by atoms with van der Waals surface area (Å²) in [5, 5.41) is 11.4. The fourth-order valence-corrected chi connectivity index (χ4v) is 2.13. The summed E-state index contributed by atoms with van der Waals surface area (Å²) in [5.74, 6) is -2.49. The summed E-state index contributed by atoms with van der Waals surface area (Å²) in [7, 11) is 0. The number of H-pyrrole nitrogens is 1. The molecule has 0 radical (unpaired) electrons. The number of rotatable bonds is 5. The number of hydrogen-bond acceptors (Lipinski definition) is 2. The number of aliphatic carboxylic acids is 1. The van der Waals surface area contributed by atoms with Crippen LogP contribution in [-0.2, 0) is 16.0 Å². The van der Waals surface area contributed by atoms with Crippen LogP contribution in [0.15, 0.2) is 30.5 Å². The number of carboxylic acids is 1. The van der Waals surface area contributed by atoms with Crippen molar-refractivity contribution in [1.82, 2.24) is 10.3 Å². The molecule has 0 fully saturated rings. The lowest BCUT2D eigenvalue weighted by atomic mass is 10.1. The van der Waals surface area contributed by atoms with Crippen LogP contribution in [0.2, 0.25) is 0 Å². The predicted molar refractivity (Wildman–Crippen MR) is 72.2 cm³/mol. The van der Waals surface area contributed by atoms with E-state index in [1.54, 1.807) is 30.5 Å². The highest BCUT2D eigenvalue weighted by Crippen LogP contribution is 2.22. The van der Waals surface area contributed by atoms with Crippen molar-refractivity contribution in [2.45, 2.75) is 25.1 Å². The summed E-state index contributed by atoms with van der Waals surface area (Å²) in [5.41, 5.74) is 1.37. The average Bonchev–Trinajstić information content (AvgIpc) is 2.80. The highest BCUT2D eigenvalue weighted by atomic mass is 19.4. The van der Waals surface area contributed by atoms with Crippen molar-refractivity contribution in [1.29, 1.82) is 0 Å². The fraction of sp³-hybridized carbons (Fsp3) is 0.286. The first kappa shape index (κ1) is 15.9. The zero-order valence-corrected chi connectivity index (χ0v) is 11.3. The Morgan fingerprint density at radius 3 is 2.59 bits per heavy atom. The van der Waals surface area contributed by atoms with Gasteiger partial charge in [0.1, 0.15) is 6.04 Å². The van der Waals surface area contributed by atoms with Gasteiger partial charge in [0.2, 0.25) is 5.91 Å². The first-order chi connectivity index (χ1) is 10.3. The summed E-state index contributed by atoms with van der Waals surface area (Å²) in [6.07, 6.45) is -4.91. The molecule has 0 spiro atoms. The Morgan fingerprint density at radius 2 is 1.95 bits per heavy atom. The van der Waals surface area contributed by atoms with Crippen LogP contribution in [0, 0.1) is 0 Å². The number of amides is 1. The Kier molecular flexibility index (Phi) is 4.39. The zero-order valence-electron chi connectivity index (χ0n) is 11.3. The van der Waals surface area contributed by atoms with Gasteiger partial charge in [0.25, 0.3) is 0 Å². The van der Waals surface area contributed by atoms with Gasteiger partial charge in [0.15, 0.2) is 0 Å². The van der Waals surface area contributed by atoms with Gasteiger partial charge in [-0.2, -0.15) is 13.2 Å². The predicted octanol–water partition coefficient (Wildman–Crippen LogP) is 2.23. The van der Waals surface area contributed by atoms with Gasteiger partial charge in [-0.25, -0.2) is 4.79 Å². The second-order valence-corrected chi connectivity index (χ2v) is 4.81. The van der Waals surface area contributed by atoms with E-state index < -0.39 is 30.5 Å². The molecule has 1 aromatic carbocycles. The number of fused-ring (bicyclic) bond motifs is 1. The number of benzene rings is 1. The van der Waals surface area contributed by atoms with E-state index in [0.717, 1.165) is 10.9 Å². The maximum absolute atomic E-state index is 12.3. The molecule has 22 heavy (non-hydrogen) atoms. The third-order valence-electron chi connectivity index (χ3n) is 3.09. The smallest absolute Gasteiger partial charge is 0.391 e. The van der Waals surface area contributed by atoms with Crippen molar-refractivity contribution in [3.8, 4) is 0 Å². The molecule has 1 heterocycles. The normalized spacial score (nSPS) is 13.0. The van der Waals surface area contributed by atoms with E-state index in [2.05, 4.69) is 4.98 Å². The van der Waals surface area contributed by atoms with Crippen molar-refractivity contribution in [2.24, 2.45) is 0 Å². The van der Waals surface area contributed by atoms with Crippen LogP contribution in [0.3, 0.4) is 0 Å². The van der Waals surface area contributed by atoms with Gasteiger partial charge in [-0.05, 0) is 11.6 Å². The van der Waals surface area contributed by atoms with Crippen LogP contribution in [-0.4, -0.2) is 34.2 Å². The molecule has 8 heteroatoms. The van der Waals surface area contributed by atoms with Gasteiger partial charge < -0.3 is 15.4 Å². The maximum Gasteiger partial charge on any atom is 0.391 e. The molecular weight excluding hydrogens is 301 g/mol. The van der Waals surface area contributed by atoms with E-state index in [1.165, 1.54) is 0 Å². The third-order valence-corrected chi connectivity index (χ3v) is 3.09. The number of carboxylic acid groups (broad SMARTS) is 1. The van der Waals surface area contributed by atoms with E-state index >= 15 is 0 Å². The molecule has 0 saturated carbocycles. The van der Waals surface area contributed by atoms with Crippen LogP contribution < -0.4 is 5.32 Å². The molecule has 0 aliphatic carbocycles. The van der Waals surface area contributed by atoms with Gasteiger partial charge in [-0.3, -0.25) is 4.79 Å². The van der Waals surface area contributed by atoms with Crippen molar-refractivity contribution >= 4 is 22.8 Å². The summed E-state index contributed by atoms with van der Waals surface area (Å²) in [4.78, 5) is 25.5. The SMILES string of the molecule is O=C(Cc1c[nH]c2ccccc12)NC(CC(F)(F)F)C(=O)O. The maximum atomic E-state index is 12.3. The monoisotopic (exact) mass is 314 g/mol. The molecule has 2 rings (SSSR count). The molecule has 0 saturated heterocycles. The van der Waals surface area contributed by atoms with E-state index in [-0.39, 0.29) is 6.42 Å². The van der Waals surface area contributed by atoms with Crippen molar-refractivity contribution in [2.75, 3.05) is 0 Å². The van der Waals surface area contributed by atoms with Crippen molar-refractivity contribution in [3.63, 3.8) is 0 Å². The van der Waals surface area contributed by atoms with Crippen LogP contribution in [0.25, 0.3) is 10.9 Å². The number of carbonyl (C=O) groups excluding carboxylic acids is 1. The third kappa shape index (κ3) is 4.00. The van der Waals surface area contributed by atoms with Crippen LogP contribution in [0.4, 0.5) is 13.2 Å². The largest absolute Gasteiger partial charge is 0.480 e. The number of para-hydroxylation sites is 1. The van der Waals surface area contributed by atoms with Gasteiger partial charge >= 0.3 is 12.1 Å². The number of aromatic nitrogens is 1. The Balaban J connectivity index is 2.06. The zero-order chi connectivity index (χ0) is 16.3. The lowest BCUT2D eigenvalue weighted by Gasteiger charge is -2.16. The fourth-order valence-electron chi connectivity index (χ4n) is 2.13. The standard InChI is InChI=1S/C14H13F3N2O3/c15-14(16,17)6-11(13(21)22)19-12(20)5-8-7-18-10-4-2-1-3-9(8)10/h1-4,7,11,18H,5-6H2,(H,19,20)(H,21,22). The number of halogens is 3. The van der Waals surface area contributed by atoms with Crippen LogP contribution >= 0.6 is 0 Å². The first-order valence-corrected chi connectivity index (χ1v) is 6.40. The molecule has 1 unspecified atom stereocenters. The molecule has 0 bridgehead atoms. The molecule has 1 atom stereocenters. The van der Waals surface area contributed by atoms with Gasteiger partial charge in [-0.15, -0.1) is 0 Å². The van der Waals surface area contributed by atoms with E-state index in [1.807, 2.05) is 5.32 Å². The summed E-state index contributed by atoms with van der Waals surface area (Å²) >= 11 is 0. The minimum Gasteiger partial charge on any atom is -0.480 e. The first-order valence-electron chi connectivity index (χ1n) is 6.40. The van der Waals surface area contributed by atoms with Crippen LogP contribution in [0.1, 0.15) is 12.0 Å². The quantitative estimate of drug-likeness (QED) is 0.791. The molecule has 1 amide bonds.